The van der Waals surface area contributed by atoms with Crippen LogP contribution >= 0.6 is 0 Å². The van der Waals surface area contributed by atoms with Gasteiger partial charge in [0.05, 0.1) is 11.2 Å². The number of H-pyrrole nitrogens is 1. The number of nitrogens with one attached hydrogen (secondary N) is 1. The van der Waals surface area contributed by atoms with Gasteiger partial charge in [-0.3, -0.25) is 9.78 Å². The minimum absolute atomic E-state index is 0.0312. The minimum Gasteiger partial charge on any atom is -0.359 e. The number of hydrogen-bond acceptors (Lipinski definition) is 2. The lowest BCUT2D eigenvalue weighted by atomic mass is 10.1. The first-order chi connectivity index (χ1) is 9.33. The Labute approximate surface area is 110 Å². The fourth-order valence-electron chi connectivity index (χ4n) is 1.94. The van der Waals surface area contributed by atoms with Crippen LogP contribution < -0.4 is 0 Å². The highest BCUT2D eigenvalue weighted by Gasteiger charge is 2.01. The van der Waals surface area contributed by atoms with Gasteiger partial charge in [0.2, 0.25) is 5.78 Å². The second kappa shape index (κ2) is 4.90. The molecule has 0 aliphatic carbocycles. The van der Waals surface area contributed by atoms with E-state index in [1.54, 1.807) is 24.5 Å². The van der Waals surface area contributed by atoms with E-state index in [1.807, 2.05) is 42.5 Å². The van der Waals surface area contributed by atoms with Crippen molar-refractivity contribution in [2.75, 3.05) is 0 Å². The van der Waals surface area contributed by atoms with Crippen LogP contribution in [0.5, 0.6) is 0 Å². The number of allylic oxidation sites excluding steroid dienone is 1. The quantitative estimate of drug-likeness (QED) is 0.570. The number of hydrogen-bond donors (Lipinski definition) is 1. The zero-order valence-electron chi connectivity index (χ0n) is 10.2. The van der Waals surface area contributed by atoms with Gasteiger partial charge in [0.15, 0.2) is 0 Å². The predicted molar refractivity (Wildman–Crippen MR) is 75.9 cm³/mol. The van der Waals surface area contributed by atoms with Crippen LogP contribution in [0.2, 0.25) is 0 Å². The summed E-state index contributed by atoms with van der Waals surface area (Å²) in [6.45, 7) is 0. The van der Waals surface area contributed by atoms with E-state index in [2.05, 4.69) is 9.97 Å². The van der Waals surface area contributed by atoms with Crippen molar-refractivity contribution in [2.24, 2.45) is 0 Å². The summed E-state index contributed by atoms with van der Waals surface area (Å²) < 4.78 is 0. The highest BCUT2D eigenvalue weighted by atomic mass is 16.1. The topological polar surface area (TPSA) is 45.8 Å². The Hall–Kier alpha value is -2.68. The van der Waals surface area contributed by atoms with E-state index in [0.717, 1.165) is 16.5 Å². The Balaban J connectivity index is 1.87. The molecule has 0 atom stereocenters. The van der Waals surface area contributed by atoms with Crippen LogP contribution in [-0.2, 0) is 0 Å². The van der Waals surface area contributed by atoms with Gasteiger partial charge in [-0.05, 0) is 42.0 Å². The van der Waals surface area contributed by atoms with Crippen LogP contribution in [0.25, 0.3) is 17.0 Å². The molecule has 0 aliphatic rings. The number of aromatic amines is 1. The molecule has 3 heteroatoms. The SMILES string of the molecule is O=C(/C=C/c1ccc2ncccc2c1)c1ccc[nH]1. The molecule has 92 valence electrons. The molecule has 3 aromatic rings. The van der Waals surface area contributed by atoms with Gasteiger partial charge in [-0.25, -0.2) is 0 Å². The summed E-state index contributed by atoms with van der Waals surface area (Å²) in [4.78, 5) is 19.0. The third-order valence-electron chi connectivity index (χ3n) is 2.92. The van der Waals surface area contributed by atoms with Crippen molar-refractivity contribution in [1.82, 2.24) is 9.97 Å². The molecule has 0 saturated heterocycles. The summed E-state index contributed by atoms with van der Waals surface area (Å²) in [5.74, 6) is -0.0312. The molecule has 19 heavy (non-hydrogen) atoms. The van der Waals surface area contributed by atoms with Crippen LogP contribution in [0, 0.1) is 0 Å². The molecular formula is C16H12N2O. The molecule has 3 rings (SSSR count). The molecule has 0 saturated carbocycles. The highest BCUT2D eigenvalue weighted by molar-refractivity contribution is 6.05. The maximum Gasteiger partial charge on any atom is 0.201 e. The van der Waals surface area contributed by atoms with E-state index in [-0.39, 0.29) is 5.78 Å². The normalized spacial score (nSPS) is 11.2. The standard InChI is InChI=1S/C16H12N2O/c19-16(15-4-2-10-18-15)8-6-12-5-7-14-13(11-12)3-1-9-17-14/h1-11,18H/b8-6+. The van der Waals surface area contributed by atoms with Gasteiger partial charge in [-0.2, -0.15) is 0 Å². The first-order valence-corrected chi connectivity index (χ1v) is 6.03. The lowest BCUT2D eigenvalue weighted by molar-refractivity contribution is 0.104. The lowest BCUT2D eigenvalue weighted by Gasteiger charge is -1.98. The van der Waals surface area contributed by atoms with Crippen LogP contribution in [-0.4, -0.2) is 15.8 Å². The van der Waals surface area contributed by atoms with Gasteiger partial charge >= 0.3 is 0 Å². The molecule has 1 N–H and O–H groups in total. The Bertz CT molecular complexity index is 742. The van der Waals surface area contributed by atoms with Gasteiger partial charge < -0.3 is 4.98 Å². The Morgan fingerprint density at radius 1 is 1.16 bits per heavy atom. The van der Waals surface area contributed by atoms with Crippen LogP contribution in [0.3, 0.4) is 0 Å². The molecule has 0 fully saturated rings. The monoisotopic (exact) mass is 248 g/mol. The van der Waals surface area contributed by atoms with Gasteiger partial charge in [0, 0.05) is 17.8 Å². The summed E-state index contributed by atoms with van der Waals surface area (Å²) in [5, 5.41) is 1.07. The Morgan fingerprint density at radius 2 is 2.11 bits per heavy atom. The van der Waals surface area contributed by atoms with Crippen molar-refractivity contribution >= 4 is 22.8 Å². The maximum absolute atomic E-state index is 11.8. The molecule has 0 bridgehead atoms. The maximum atomic E-state index is 11.8. The van der Waals surface area contributed by atoms with Gasteiger partial charge in [-0.1, -0.05) is 18.2 Å². The molecule has 2 aromatic heterocycles. The van der Waals surface area contributed by atoms with E-state index in [0.29, 0.717) is 5.69 Å². The first-order valence-electron chi connectivity index (χ1n) is 6.03. The summed E-state index contributed by atoms with van der Waals surface area (Å²) in [7, 11) is 0. The average Bonchev–Trinajstić information content (AvgIpc) is 2.99. The fourth-order valence-corrected chi connectivity index (χ4v) is 1.94. The van der Waals surface area contributed by atoms with E-state index in [4.69, 9.17) is 0 Å². The Kier molecular flexibility index (Phi) is 2.94. The first kappa shape index (κ1) is 11.4. The van der Waals surface area contributed by atoms with E-state index >= 15 is 0 Å². The third-order valence-corrected chi connectivity index (χ3v) is 2.92. The molecule has 0 amide bonds. The largest absolute Gasteiger partial charge is 0.359 e. The average molecular weight is 248 g/mol. The smallest absolute Gasteiger partial charge is 0.201 e. The van der Waals surface area contributed by atoms with Crippen molar-refractivity contribution < 1.29 is 4.79 Å². The molecule has 0 aliphatic heterocycles. The van der Waals surface area contributed by atoms with Crippen LogP contribution in [0.15, 0.2) is 60.9 Å². The lowest BCUT2D eigenvalue weighted by Crippen LogP contribution is -1.93. The van der Waals surface area contributed by atoms with Crippen molar-refractivity contribution in [3.05, 3.63) is 72.2 Å². The van der Waals surface area contributed by atoms with E-state index in [9.17, 15) is 4.79 Å². The molecule has 2 heterocycles. The Morgan fingerprint density at radius 3 is 2.95 bits per heavy atom. The number of pyridine rings is 1. The predicted octanol–water partition coefficient (Wildman–Crippen LogP) is 3.46. The molecule has 3 nitrogen and oxygen atoms in total. The van der Waals surface area contributed by atoms with Crippen molar-refractivity contribution in [2.45, 2.75) is 0 Å². The minimum atomic E-state index is -0.0312. The summed E-state index contributed by atoms with van der Waals surface area (Å²) in [5.41, 5.74) is 2.54. The molecule has 1 aromatic carbocycles. The van der Waals surface area contributed by atoms with Crippen molar-refractivity contribution in [3.63, 3.8) is 0 Å². The van der Waals surface area contributed by atoms with Crippen molar-refractivity contribution in [1.29, 1.82) is 0 Å². The number of rotatable bonds is 3. The van der Waals surface area contributed by atoms with Crippen molar-refractivity contribution in [3.8, 4) is 0 Å². The molecular weight excluding hydrogens is 236 g/mol. The number of nitrogens with zero attached hydrogens (tertiary/aromatic N) is 1. The van der Waals surface area contributed by atoms with Crippen LogP contribution in [0.4, 0.5) is 0 Å². The number of aromatic nitrogens is 2. The van der Waals surface area contributed by atoms with E-state index in [1.165, 1.54) is 0 Å². The number of carbonyl (C=O) groups excluding carboxylic acids is 1. The number of fused-ring (bicyclic) bond motifs is 1. The zero-order chi connectivity index (χ0) is 13.1. The summed E-state index contributed by atoms with van der Waals surface area (Å²) in [6, 6.07) is 13.4. The zero-order valence-corrected chi connectivity index (χ0v) is 10.2. The highest BCUT2D eigenvalue weighted by Crippen LogP contribution is 2.14. The van der Waals surface area contributed by atoms with Gasteiger partial charge in [0.1, 0.15) is 0 Å². The van der Waals surface area contributed by atoms with Gasteiger partial charge in [0.25, 0.3) is 0 Å². The summed E-state index contributed by atoms with van der Waals surface area (Å²) in [6.07, 6.45) is 6.90. The molecule has 0 radical (unpaired) electrons. The molecule has 0 unspecified atom stereocenters. The second-order valence-electron chi connectivity index (χ2n) is 4.24. The van der Waals surface area contributed by atoms with Crippen LogP contribution in [0.1, 0.15) is 16.1 Å². The fraction of sp³-hybridized carbons (Fsp3) is 0. The van der Waals surface area contributed by atoms with Gasteiger partial charge in [-0.15, -0.1) is 0 Å². The summed E-state index contributed by atoms with van der Waals surface area (Å²) >= 11 is 0. The van der Waals surface area contributed by atoms with E-state index < -0.39 is 0 Å². The third kappa shape index (κ3) is 2.45. The number of carbonyl (C=O) groups is 1. The number of benzene rings is 1. The second-order valence-corrected chi connectivity index (χ2v) is 4.24. The molecule has 0 spiro atoms. The number of ketones is 1.